The van der Waals surface area contributed by atoms with Gasteiger partial charge in [0.1, 0.15) is 0 Å². The summed E-state index contributed by atoms with van der Waals surface area (Å²) < 4.78 is 1.74. The number of aliphatic carboxylic acids is 1. The third-order valence-electron chi connectivity index (χ3n) is 4.19. The number of carbonyl (C=O) groups is 2. The average molecular weight is 329 g/mol. The smallest absolute Gasteiger partial charge is 0.305 e. The number of nitrogens with one attached hydrogen (secondary N) is 1. The Bertz CT molecular complexity index is 748. The van der Waals surface area contributed by atoms with E-state index >= 15 is 0 Å². The maximum Gasteiger partial charge on any atom is 0.305 e. The molecular formula is C18H23N3O3. The molecular weight excluding hydrogens is 306 g/mol. The van der Waals surface area contributed by atoms with Gasteiger partial charge in [-0.1, -0.05) is 29.8 Å². The summed E-state index contributed by atoms with van der Waals surface area (Å²) in [7, 11) is 1.84. The van der Waals surface area contributed by atoms with E-state index in [1.165, 1.54) is 0 Å². The number of rotatable bonds is 6. The summed E-state index contributed by atoms with van der Waals surface area (Å²) in [5, 5.41) is 16.3. The van der Waals surface area contributed by atoms with Gasteiger partial charge in [0, 0.05) is 18.3 Å². The van der Waals surface area contributed by atoms with Crippen LogP contribution in [0.1, 0.15) is 40.5 Å². The Morgan fingerprint density at radius 2 is 1.83 bits per heavy atom. The molecule has 1 unspecified atom stereocenters. The SMILES string of the molecule is Cc1ccc(C(CC(=O)O)NC(=O)Cc2c(C)nn(C)c2C)cc1. The Balaban J connectivity index is 2.15. The van der Waals surface area contributed by atoms with Crippen LogP contribution in [-0.4, -0.2) is 26.8 Å². The lowest BCUT2D eigenvalue weighted by Crippen LogP contribution is -2.31. The Morgan fingerprint density at radius 1 is 1.21 bits per heavy atom. The summed E-state index contributed by atoms with van der Waals surface area (Å²) in [5.74, 6) is -1.16. The molecule has 6 nitrogen and oxygen atoms in total. The van der Waals surface area contributed by atoms with Crippen molar-refractivity contribution in [1.29, 1.82) is 0 Å². The molecule has 0 aliphatic heterocycles. The summed E-state index contributed by atoms with van der Waals surface area (Å²) in [6.45, 7) is 5.74. The highest BCUT2D eigenvalue weighted by atomic mass is 16.4. The van der Waals surface area contributed by atoms with Crippen LogP contribution in [0.25, 0.3) is 0 Å². The van der Waals surface area contributed by atoms with Gasteiger partial charge in [0.25, 0.3) is 0 Å². The molecule has 0 saturated heterocycles. The summed E-state index contributed by atoms with van der Waals surface area (Å²) in [6.07, 6.45) is 0.0350. The lowest BCUT2D eigenvalue weighted by atomic mass is 10.0. The number of hydrogen-bond donors (Lipinski definition) is 2. The normalized spacial score (nSPS) is 12.0. The fraction of sp³-hybridized carbons (Fsp3) is 0.389. The Kier molecular flexibility index (Phi) is 5.39. The fourth-order valence-electron chi connectivity index (χ4n) is 2.70. The van der Waals surface area contributed by atoms with Crippen molar-refractivity contribution < 1.29 is 14.7 Å². The second kappa shape index (κ2) is 7.29. The van der Waals surface area contributed by atoms with Crippen molar-refractivity contribution in [3.8, 4) is 0 Å². The molecule has 1 aromatic carbocycles. The van der Waals surface area contributed by atoms with E-state index in [1.807, 2.05) is 52.1 Å². The minimum absolute atomic E-state index is 0.153. The molecule has 0 radical (unpaired) electrons. The molecule has 0 aliphatic carbocycles. The monoisotopic (exact) mass is 329 g/mol. The second-order valence-corrected chi connectivity index (χ2v) is 6.08. The Morgan fingerprint density at radius 3 is 2.33 bits per heavy atom. The molecule has 0 saturated carbocycles. The predicted molar refractivity (Wildman–Crippen MR) is 90.7 cm³/mol. The van der Waals surface area contributed by atoms with Crippen molar-refractivity contribution in [2.45, 2.75) is 39.7 Å². The molecule has 2 aromatic rings. The number of aryl methyl sites for hydroxylation is 3. The van der Waals surface area contributed by atoms with E-state index in [2.05, 4.69) is 10.4 Å². The van der Waals surface area contributed by atoms with E-state index in [0.29, 0.717) is 0 Å². The highest BCUT2D eigenvalue weighted by molar-refractivity contribution is 5.80. The van der Waals surface area contributed by atoms with E-state index in [1.54, 1.807) is 4.68 Å². The van der Waals surface area contributed by atoms with Crippen LogP contribution in [0.2, 0.25) is 0 Å². The first-order chi connectivity index (χ1) is 11.3. The largest absolute Gasteiger partial charge is 0.481 e. The van der Waals surface area contributed by atoms with Crippen LogP contribution in [0.3, 0.4) is 0 Å². The van der Waals surface area contributed by atoms with Crippen LogP contribution in [0.5, 0.6) is 0 Å². The average Bonchev–Trinajstić information content (AvgIpc) is 2.73. The molecule has 0 bridgehead atoms. The topological polar surface area (TPSA) is 84.2 Å². The highest BCUT2D eigenvalue weighted by Gasteiger charge is 2.20. The van der Waals surface area contributed by atoms with E-state index in [-0.39, 0.29) is 18.7 Å². The fourth-order valence-corrected chi connectivity index (χ4v) is 2.70. The van der Waals surface area contributed by atoms with Gasteiger partial charge in [-0.25, -0.2) is 0 Å². The third kappa shape index (κ3) is 4.22. The van der Waals surface area contributed by atoms with Crippen LogP contribution >= 0.6 is 0 Å². The van der Waals surface area contributed by atoms with Crippen LogP contribution in [0, 0.1) is 20.8 Å². The highest BCUT2D eigenvalue weighted by Crippen LogP contribution is 2.19. The van der Waals surface area contributed by atoms with Gasteiger partial charge in [-0.2, -0.15) is 5.10 Å². The second-order valence-electron chi connectivity index (χ2n) is 6.08. The van der Waals surface area contributed by atoms with Gasteiger partial charge in [0.2, 0.25) is 5.91 Å². The number of carbonyl (C=O) groups excluding carboxylic acids is 1. The van der Waals surface area contributed by atoms with Gasteiger partial charge >= 0.3 is 5.97 Å². The van der Waals surface area contributed by atoms with Gasteiger partial charge < -0.3 is 10.4 Å². The number of carboxylic acids is 1. The lowest BCUT2D eigenvalue weighted by molar-refractivity contribution is -0.137. The number of carboxylic acid groups (broad SMARTS) is 1. The van der Waals surface area contributed by atoms with Crippen LogP contribution in [0.4, 0.5) is 0 Å². The first kappa shape index (κ1) is 17.7. The van der Waals surface area contributed by atoms with Crippen molar-refractivity contribution in [2.75, 3.05) is 0 Å². The van der Waals surface area contributed by atoms with Crippen molar-refractivity contribution in [3.05, 3.63) is 52.3 Å². The maximum atomic E-state index is 12.4. The molecule has 1 aromatic heterocycles. The third-order valence-corrected chi connectivity index (χ3v) is 4.19. The standard InChI is InChI=1S/C18H23N3O3/c1-11-5-7-14(8-6-11)16(10-18(23)24)19-17(22)9-15-12(2)20-21(4)13(15)3/h5-8,16H,9-10H2,1-4H3,(H,19,22)(H,23,24). The van der Waals surface area contributed by atoms with E-state index < -0.39 is 12.0 Å². The quantitative estimate of drug-likeness (QED) is 0.851. The minimum Gasteiger partial charge on any atom is -0.481 e. The molecule has 128 valence electrons. The Hall–Kier alpha value is -2.63. The summed E-state index contributed by atoms with van der Waals surface area (Å²) >= 11 is 0. The van der Waals surface area contributed by atoms with E-state index in [0.717, 1.165) is 28.1 Å². The maximum absolute atomic E-state index is 12.4. The molecule has 2 rings (SSSR count). The van der Waals surface area contributed by atoms with Crippen LogP contribution in [-0.2, 0) is 23.1 Å². The van der Waals surface area contributed by atoms with Crippen LogP contribution < -0.4 is 5.32 Å². The van der Waals surface area contributed by atoms with Gasteiger partial charge in [0.05, 0.1) is 24.6 Å². The molecule has 1 amide bonds. The molecule has 6 heteroatoms. The number of benzene rings is 1. The zero-order valence-corrected chi connectivity index (χ0v) is 14.5. The lowest BCUT2D eigenvalue weighted by Gasteiger charge is -2.18. The first-order valence-electron chi connectivity index (χ1n) is 7.84. The molecule has 1 heterocycles. The molecule has 1 atom stereocenters. The summed E-state index contributed by atoms with van der Waals surface area (Å²) in [5.41, 5.74) is 4.51. The number of amides is 1. The number of nitrogens with zero attached hydrogens (tertiary/aromatic N) is 2. The van der Waals surface area contributed by atoms with Gasteiger partial charge in [-0.15, -0.1) is 0 Å². The summed E-state index contributed by atoms with van der Waals surface area (Å²) in [6, 6.07) is 6.97. The first-order valence-corrected chi connectivity index (χ1v) is 7.84. The van der Waals surface area contributed by atoms with Crippen LogP contribution in [0.15, 0.2) is 24.3 Å². The number of aromatic nitrogens is 2. The van der Waals surface area contributed by atoms with Crippen molar-refractivity contribution in [2.24, 2.45) is 7.05 Å². The molecule has 2 N–H and O–H groups in total. The van der Waals surface area contributed by atoms with E-state index in [4.69, 9.17) is 5.11 Å². The van der Waals surface area contributed by atoms with E-state index in [9.17, 15) is 9.59 Å². The van der Waals surface area contributed by atoms with Crippen molar-refractivity contribution >= 4 is 11.9 Å². The zero-order chi connectivity index (χ0) is 17.9. The van der Waals surface area contributed by atoms with Crippen molar-refractivity contribution in [1.82, 2.24) is 15.1 Å². The minimum atomic E-state index is -0.949. The molecule has 0 spiro atoms. The van der Waals surface area contributed by atoms with Crippen molar-refractivity contribution in [3.63, 3.8) is 0 Å². The molecule has 0 fully saturated rings. The summed E-state index contributed by atoms with van der Waals surface area (Å²) in [4.78, 5) is 23.6. The van der Waals surface area contributed by atoms with Gasteiger partial charge in [-0.3, -0.25) is 14.3 Å². The number of hydrogen-bond acceptors (Lipinski definition) is 3. The van der Waals surface area contributed by atoms with Gasteiger partial charge in [0.15, 0.2) is 0 Å². The zero-order valence-electron chi connectivity index (χ0n) is 14.5. The van der Waals surface area contributed by atoms with Gasteiger partial charge in [-0.05, 0) is 26.3 Å². The molecule has 0 aliphatic rings. The Labute approximate surface area is 141 Å². The molecule has 24 heavy (non-hydrogen) atoms. The predicted octanol–water partition coefficient (Wildman–Crippen LogP) is 2.22.